The van der Waals surface area contributed by atoms with Crippen molar-refractivity contribution in [2.75, 3.05) is 14.1 Å². The number of carbonyl (C=O) groups is 1. The van der Waals surface area contributed by atoms with E-state index in [0.717, 1.165) is 25.7 Å². The average molecular weight is 285 g/mol. The molecule has 0 fully saturated rings. The van der Waals surface area contributed by atoms with Crippen LogP contribution in [0.5, 0.6) is 0 Å². The molecule has 0 saturated heterocycles. The van der Waals surface area contributed by atoms with Crippen LogP contribution >= 0.6 is 23.2 Å². The molecule has 3 nitrogen and oxygen atoms in total. The number of hydrogen-bond acceptors (Lipinski definition) is 2. The maximum absolute atomic E-state index is 11.9. The Morgan fingerprint density at radius 1 is 1.44 bits per heavy atom. The molecule has 1 atom stereocenters. The first kappa shape index (κ1) is 16.2. The molecule has 6 heteroatoms. The first-order valence-corrected chi connectivity index (χ1v) is 7.40. The van der Waals surface area contributed by atoms with Gasteiger partial charge in [-0.15, -0.1) is 0 Å². The van der Waals surface area contributed by atoms with E-state index in [1.165, 1.54) is 0 Å². The Labute approximate surface area is 111 Å². The minimum absolute atomic E-state index is 0.0395. The molecule has 0 saturated carbocycles. The van der Waals surface area contributed by atoms with Crippen molar-refractivity contribution >= 4 is 39.4 Å². The summed E-state index contributed by atoms with van der Waals surface area (Å²) in [6.07, 6.45) is 4.06. The lowest BCUT2D eigenvalue weighted by atomic mass is 10.1. The smallest absolute Gasteiger partial charge is 0.239 e. The molecule has 0 aliphatic rings. The van der Waals surface area contributed by atoms with Crippen LogP contribution in [-0.4, -0.2) is 45.3 Å². The number of alkyl halides is 2. The maximum Gasteiger partial charge on any atom is 0.239 e. The molecule has 0 bridgehead atoms. The Balaban J connectivity index is 4.33. The number of carbonyl (C=O) groups excluding carboxylic acids is 1. The highest BCUT2D eigenvalue weighted by Crippen LogP contribution is 2.15. The molecule has 16 heavy (non-hydrogen) atoms. The zero-order valence-electron chi connectivity index (χ0n) is 10.5. The summed E-state index contributed by atoms with van der Waals surface area (Å²) in [5.74, 6) is 0.0395. The molecular weight excluding hydrogens is 263 g/mol. The standard InChI is InChI=1S/C10H22Cl2N2OSi/c1-4-5-6-7-8(9(15)14(2)3)13-10(11,12)16/h8,13H,4-7H2,1-3,16H3. The van der Waals surface area contributed by atoms with Crippen molar-refractivity contribution < 1.29 is 4.79 Å². The lowest BCUT2D eigenvalue weighted by molar-refractivity contribution is -0.131. The fourth-order valence-electron chi connectivity index (χ4n) is 1.47. The van der Waals surface area contributed by atoms with Crippen LogP contribution in [0.2, 0.25) is 0 Å². The SMILES string of the molecule is CCCCCC(NC([SiH3])(Cl)Cl)C(=O)N(C)C. The van der Waals surface area contributed by atoms with E-state index in [1.54, 1.807) is 19.0 Å². The first-order valence-electron chi connectivity index (χ1n) is 5.64. The first-order chi connectivity index (χ1) is 7.28. The van der Waals surface area contributed by atoms with Crippen LogP contribution in [0.15, 0.2) is 0 Å². The summed E-state index contributed by atoms with van der Waals surface area (Å²) in [4.78, 5) is 13.5. The van der Waals surface area contributed by atoms with Crippen molar-refractivity contribution in [1.82, 2.24) is 10.2 Å². The van der Waals surface area contributed by atoms with Gasteiger partial charge in [0.25, 0.3) is 0 Å². The molecule has 0 aromatic carbocycles. The van der Waals surface area contributed by atoms with Gasteiger partial charge in [0.2, 0.25) is 5.91 Å². The average Bonchev–Trinajstić information content (AvgIpc) is 2.13. The van der Waals surface area contributed by atoms with E-state index in [4.69, 9.17) is 23.2 Å². The van der Waals surface area contributed by atoms with Gasteiger partial charge >= 0.3 is 0 Å². The predicted molar refractivity (Wildman–Crippen MR) is 74.1 cm³/mol. The summed E-state index contributed by atoms with van der Waals surface area (Å²) >= 11 is 11.9. The van der Waals surface area contributed by atoms with Gasteiger partial charge < -0.3 is 4.90 Å². The molecule has 0 aliphatic carbocycles. The Bertz CT molecular complexity index is 219. The largest absolute Gasteiger partial charge is 0.347 e. The molecule has 0 aliphatic heterocycles. The van der Waals surface area contributed by atoms with E-state index in [9.17, 15) is 4.79 Å². The number of halogens is 2. The van der Waals surface area contributed by atoms with Crippen LogP contribution in [0.1, 0.15) is 32.6 Å². The maximum atomic E-state index is 11.9. The van der Waals surface area contributed by atoms with Gasteiger partial charge in [0.1, 0.15) is 4.08 Å². The lowest BCUT2D eigenvalue weighted by Crippen LogP contribution is -2.50. The van der Waals surface area contributed by atoms with Gasteiger partial charge in [-0.1, -0.05) is 49.4 Å². The molecule has 0 radical (unpaired) electrons. The molecule has 0 heterocycles. The molecule has 1 unspecified atom stereocenters. The summed E-state index contributed by atoms with van der Waals surface area (Å²) in [6, 6.07) is -0.269. The van der Waals surface area contributed by atoms with Crippen LogP contribution < -0.4 is 5.32 Å². The third kappa shape index (κ3) is 7.49. The molecule has 0 aromatic heterocycles. The normalized spacial score (nSPS) is 13.8. The number of unbranched alkanes of at least 4 members (excludes halogenated alkanes) is 2. The number of amides is 1. The predicted octanol–water partition coefficient (Wildman–Crippen LogP) is 1.07. The van der Waals surface area contributed by atoms with E-state index in [-0.39, 0.29) is 11.9 Å². The molecule has 0 spiro atoms. The summed E-state index contributed by atoms with van der Waals surface area (Å²) in [7, 11) is 4.06. The number of hydrogen-bond donors (Lipinski definition) is 1. The van der Waals surface area contributed by atoms with Crippen LogP contribution in [0.4, 0.5) is 0 Å². The third-order valence-electron chi connectivity index (χ3n) is 2.26. The van der Waals surface area contributed by atoms with E-state index in [0.29, 0.717) is 10.2 Å². The molecule has 0 rings (SSSR count). The fourth-order valence-corrected chi connectivity index (χ4v) is 2.09. The van der Waals surface area contributed by atoms with Gasteiger partial charge in [-0.05, 0) is 6.42 Å². The summed E-state index contributed by atoms with van der Waals surface area (Å²) < 4.78 is -0.928. The number of nitrogens with zero attached hydrogens (tertiary/aromatic N) is 1. The number of nitrogens with one attached hydrogen (secondary N) is 1. The van der Waals surface area contributed by atoms with E-state index in [2.05, 4.69) is 12.2 Å². The molecule has 96 valence electrons. The Morgan fingerprint density at radius 3 is 2.38 bits per heavy atom. The van der Waals surface area contributed by atoms with Crippen molar-refractivity contribution in [3.63, 3.8) is 0 Å². The quantitative estimate of drug-likeness (QED) is 0.328. The van der Waals surface area contributed by atoms with Gasteiger partial charge in [0, 0.05) is 14.1 Å². The molecule has 1 N–H and O–H groups in total. The van der Waals surface area contributed by atoms with Crippen LogP contribution in [-0.2, 0) is 4.79 Å². The summed E-state index contributed by atoms with van der Waals surface area (Å²) in [5, 5.41) is 3.00. The van der Waals surface area contributed by atoms with Gasteiger partial charge in [0.05, 0.1) is 16.3 Å². The Kier molecular flexibility index (Phi) is 7.64. The summed E-state index contributed by atoms with van der Waals surface area (Å²) in [6.45, 7) is 2.14. The minimum Gasteiger partial charge on any atom is -0.347 e. The zero-order chi connectivity index (χ0) is 12.8. The Hall–Kier alpha value is 0.227. The lowest BCUT2D eigenvalue weighted by Gasteiger charge is -2.26. The van der Waals surface area contributed by atoms with Gasteiger partial charge in [-0.2, -0.15) is 0 Å². The van der Waals surface area contributed by atoms with Crippen LogP contribution in [0.3, 0.4) is 0 Å². The molecule has 1 amide bonds. The van der Waals surface area contributed by atoms with Gasteiger partial charge in [0.15, 0.2) is 0 Å². The highest BCUT2D eigenvalue weighted by molar-refractivity contribution is 6.64. The van der Waals surface area contributed by atoms with E-state index >= 15 is 0 Å². The monoisotopic (exact) mass is 284 g/mol. The van der Waals surface area contributed by atoms with Gasteiger partial charge in [-0.3, -0.25) is 10.1 Å². The summed E-state index contributed by atoms with van der Waals surface area (Å²) in [5.41, 5.74) is 0. The number of rotatable bonds is 7. The fraction of sp³-hybridized carbons (Fsp3) is 0.900. The van der Waals surface area contributed by atoms with Crippen LogP contribution in [0.25, 0.3) is 0 Å². The van der Waals surface area contributed by atoms with E-state index in [1.807, 2.05) is 0 Å². The van der Waals surface area contributed by atoms with Crippen molar-refractivity contribution in [2.24, 2.45) is 0 Å². The van der Waals surface area contributed by atoms with E-state index < -0.39 is 4.08 Å². The second kappa shape index (κ2) is 7.53. The van der Waals surface area contributed by atoms with Crippen molar-refractivity contribution in [3.05, 3.63) is 0 Å². The van der Waals surface area contributed by atoms with Crippen molar-refractivity contribution in [3.8, 4) is 0 Å². The second-order valence-corrected chi connectivity index (χ2v) is 8.79. The number of likely N-dealkylation sites (N-methyl/N-ethyl adjacent to an activating group) is 1. The third-order valence-corrected chi connectivity index (χ3v) is 2.77. The highest BCUT2D eigenvalue weighted by Gasteiger charge is 2.26. The highest BCUT2D eigenvalue weighted by atomic mass is 35.5. The van der Waals surface area contributed by atoms with Crippen LogP contribution in [0, 0.1) is 0 Å². The van der Waals surface area contributed by atoms with Crippen molar-refractivity contribution in [1.29, 1.82) is 0 Å². The van der Waals surface area contributed by atoms with Gasteiger partial charge in [-0.25, -0.2) is 0 Å². The molecular formula is C10H22Cl2N2OSi. The Morgan fingerprint density at radius 2 is 2.00 bits per heavy atom. The minimum atomic E-state index is -0.928. The second-order valence-electron chi connectivity index (χ2n) is 4.31. The van der Waals surface area contributed by atoms with Crippen molar-refractivity contribution in [2.45, 2.75) is 42.7 Å². The molecule has 0 aromatic rings. The zero-order valence-corrected chi connectivity index (χ0v) is 14.0. The topological polar surface area (TPSA) is 32.3 Å².